The maximum absolute atomic E-state index is 13.0. The fourth-order valence-corrected chi connectivity index (χ4v) is 6.66. The number of hydrogen-bond acceptors (Lipinski definition) is 7. The van der Waals surface area contributed by atoms with E-state index in [9.17, 15) is 18.5 Å². The summed E-state index contributed by atoms with van der Waals surface area (Å²) in [6.45, 7) is 0.822. The SMILES string of the molecule is O=[N+]([O-])c1ccc(S(=O)(=O)N2CCCC(c3nnc(C4CCCC4)s3)C2)cc1. The second kappa shape index (κ2) is 7.84. The molecule has 2 fully saturated rings. The van der Waals surface area contributed by atoms with Gasteiger partial charge in [-0.2, -0.15) is 4.31 Å². The molecule has 0 amide bonds. The first kappa shape index (κ1) is 19.4. The minimum absolute atomic E-state index is 0.0502. The Labute approximate surface area is 167 Å². The molecule has 4 rings (SSSR count). The number of sulfonamides is 1. The molecular weight excluding hydrogens is 400 g/mol. The molecule has 0 radical (unpaired) electrons. The van der Waals surface area contributed by atoms with Gasteiger partial charge >= 0.3 is 0 Å². The number of non-ortho nitro benzene ring substituents is 1. The molecule has 2 heterocycles. The van der Waals surface area contributed by atoms with Crippen LogP contribution in [0.1, 0.15) is 60.4 Å². The molecule has 2 aromatic rings. The molecule has 1 aromatic heterocycles. The summed E-state index contributed by atoms with van der Waals surface area (Å²) >= 11 is 1.63. The molecule has 1 aliphatic heterocycles. The molecule has 0 N–H and O–H groups in total. The highest BCUT2D eigenvalue weighted by atomic mass is 32.2. The summed E-state index contributed by atoms with van der Waals surface area (Å²) in [5.74, 6) is 0.559. The third kappa shape index (κ3) is 3.81. The van der Waals surface area contributed by atoms with E-state index in [4.69, 9.17) is 0 Å². The normalized spacial score (nSPS) is 21.8. The van der Waals surface area contributed by atoms with E-state index in [0.29, 0.717) is 19.0 Å². The van der Waals surface area contributed by atoms with Crippen molar-refractivity contribution in [2.45, 2.75) is 55.3 Å². The minimum Gasteiger partial charge on any atom is -0.258 e. The lowest BCUT2D eigenvalue weighted by Crippen LogP contribution is -2.39. The Morgan fingerprint density at radius 3 is 2.25 bits per heavy atom. The van der Waals surface area contributed by atoms with Crippen LogP contribution in [0.3, 0.4) is 0 Å². The average Bonchev–Trinajstić information content (AvgIpc) is 3.40. The fourth-order valence-electron chi connectivity index (χ4n) is 4.00. The van der Waals surface area contributed by atoms with E-state index in [1.54, 1.807) is 11.3 Å². The zero-order chi connectivity index (χ0) is 19.7. The van der Waals surface area contributed by atoms with Crippen molar-refractivity contribution < 1.29 is 13.3 Å². The van der Waals surface area contributed by atoms with Gasteiger partial charge < -0.3 is 0 Å². The topological polar surface area (TPSA) is 106 Å². The summed E-state index contributed by atoms with van der Waals surface area (Å²) in [5.41, 5.74) is -0.122. The number of nitrogens with zero attached hydrogens (tertiary/aromatic N) is 4. The molecule has 28 heavy (non-hydrogen) atoms. The molecule has 150 valence electrons. The minimum atomic E-state index is -3.69. The number of nitro groups is 1. The van der Waals surface area contributed by atoms with Crippen LogP contribution in [0.2, 0.25) is 0 Å². The predicted octanol–water partition coefficient (Wildman–Crippen LogP) is 3.67. The number of aromatic nitrogens is 2. The standard InChI is InChI=1S/C18H22N4O4S2/c23-22(24)15-7-9-16(10-8-15)28(25,26)21-11-3-6-14(12-21)18-20-19-17(27-18)13-4-1-2-5-13/h7-10,13-14H,1-6,11-12H2. The molecule has 1 aromatic carbocycles. The second-order valence-electron chi connectivity index (χ2n) is 7.41. The molecular formula is C18H22N4O4S2. The number of nitro benzene ring substituents is 1. The summed E-state index contributed by atoms with van der Waals surface area (Å²) in [7, 11) is -3.69. The number of benzene rings is 1. The molecule has 1 saturated carbocycles. The third-order valence-electron chi connectivity index (χ3n) is 5.58. The van der Waals surface area contributed by atoms with Crippen molar-refractivity contribution >= 4 is 27.0 Å². The van der Waals surface area contributed by atoms with Gasteiger partial charge in [-0.25, -0.2) is 8.42 Å². The first-order valence-electron chi connectivity index (χ1n) is 9.53. The van der Waals surface area contributed by atoms with E-state index in [1.807, 2.05) is 0 Å². The third-order valence-corrected chi connectivity index (χ3v) is 8.71. The summed E-state index contributed by atoms with van der Waals surface area (Å²) < 4.78 is 27.4. The van der Waals surface area contributed by atoms with Crippen LogP contribution in [-0.4, -0.2) is 40.9 Å². The Hall–Kier alpha value is -1.91. The highest BCUT2D eigenvalue weighted by Gasteiger charge is 2.33. The summed E-state index contributed by atoms with van der Waals surface area (Å²) in [4.78, 5) is 10.3. The Kier molecular flexibility index (Phi) is 5.44. The van der Waals surface area contributed by atoms with Crippen LogP contribution in [-0.2, 0) is 10.0 Å². The molecule has 0 spiro atoms. The summed E-state index contributed by atoms with van der Waals surface area (Å²) in [6.07, 6.45) is 6.47. The maximum Gasteiger partial charge on any atom is 0.269 e. The van der Waals surface area contributed by atoms with Crippen LogP contribution in [0, 0.1) is 10.1 Å². The lowest BCUT2D eigenvalue weighted by molar-refractivity contribution is -0.384. The Morgan fingerprint density at radius 1 is 1.00 bits per heavy atom. The van der Waals surface area contributed by atoms with Crippen molar-refractivity contribution in [1.29, 1.82) is 0 Å². The predicted molar refractivity (Wildman–Crippen MR) is 105 cm³/mol. The Morgan fingerprint density at radius 2 is 1.61 bits per heavy atom. The zero-order valence-corrected chi connectivity index (χ0v) is 17.0. The highest BCUT2D eigenvalue weighted by Crippen LogP contribution is 2.38. The van der Waals surface area contributed by atoms with E-state index in [-0.39, 0.29) is 16.5 Å². The van der Waals surface area contributed by atoms with Crippen molar-refractivity contribution in [2.75, 3.05) is 13.1 Å². The lowest BCUT2D eigenvalue weighted by Gasteiger charge is -2.30. The molecule has 1 unspecified atom stereocenters. The van der Waals surface area contributed by atoms with Gasteiger partial charge in [0.2, 0.25) is 10.0 Å². The number of piperidine rings is 1. The lowest BCUT2D eigenvalue weighted by atomic mass is 10.0. The van der Waals surface area contributed by atoms with Crippen molar-refractivity contribution in [3.8, 4) is 0 Å². The molecule has 10 heteroatoms. The number of hydrogen-bond donors (Lipinski definition) is 0. The van der Waals surface area contributed by atoms with Gasteiger partial charge in [0.25, 0.3) is 5.69 Å². The van der Waals surface area contributed by atoms with Crippen LogP contribution in [0.25, 0.3) is 0 Å². The molecule has 8 nitrogen and oxygen atoms in total. The van der Waals surface area contributed by atoms with Crippen molar-refractivity contribution in [3.05, 3.63) is 44.4 Å². The second-order valence-corrected chi connectivity index (χ2v) is 10.4. The molecule has 0 bridgehead atoms. The smallest absolute Gasteiger partial charge is 0.258 e. The molecule has 1 saturated heterocycles. The molecule has 1 atom stereocenters. The van der Waals surface area contributed by atoms with E-state index in [2.05, 4.69) is 10.2 Å². The summed E-state index contributed by atoms with van der Waals surface area (Å²) in [6, 6.07) is 5.07. The van der Waals surface area contributed by atoms with Gasteiger partial charge in [-0.3, -0.25) is 10.1 Å². The first-order valence-corrected chi connectivity index (χ1v) is 11.8. The first-order chi connectivity index (χ1) is 13.4. The van der Waals surface area contributed by atoms with E-state index in [0.717, 1.165) is 22.9 Å². The van der Waals surface area contributed by atoms with Gasteiger partial charge in [0.15, 0.2) is 0 Å². The van der Waals surface area contributed by atoms with Crippen molar-refractivity contribution in [1.82, 2.24) is 14.5 Å². The highest BCUT2D eigenvalue weighted by molar-refractivity contribution is 7.89. The summed E-state index contributed by atoms with van der Waals surface area (Å²) in [5, 5.41) is 21.6. The van der Waals surface area contributed by atoms with E-state index >= 15 is 0 Å². The quantitative estimate of drug-likeness (QED) is 0.537. The zero-order valence-electron chi connectivity index (χ0n) is 15.4. The average molecular weight is 423 g/mol. The van der Waals surface area contributed by atoms with Crippen molar-refractivity contribution in [2.24, 2.45) is 0 Å². The van der Waals surface area contributed by atoms with Gasteiger partial charge in [0, 0.05) is 37.1 Å². The molecule has 1 aliphatic carbocycles. The van der Waals surface area contributed by atoms with Crippen LogP contribution < -0.4 is 0 Å². The largest absolute Gasteiger partial charge is 0.269 e. The monoisotopic (exact) mass is 422 g/mol. The fraction of sp³-hybridized carbons (Fsp3) is 0.556. The van der Waals surface area contributed by atoms with Gasteiger partial charge in [-0.05, 0) is 37.8 Å². The van der Waals surface area contributed by atoms with Gasteiger partial charge in [-0.1, -0.05) is 12.8 Å². The maximum atomic E-state index is 13.0. The molecule has 2 aliphatic rings. The van der Waals surface area contributed by atoms with Crippen LogP contribution in [0.5, 0.6) is 0 Å². The Bertz CT molecular complexity index is 952. The van der Waals surface area contributed by atoms with Gasteiger partial charge in [0.1, 0.15) is 10.0 Å². The van der Waals surface area contributed by atoms with Crippen LogP contribution >= 0.6 is 11.3 Å². The van der Waals surface area contributed by atoms with Crippen molar-refractivity contribution in [3.63, 3.8) is 0 Å². The van der Waals surface area contributed by atoms with E-state index in [1.165, 1.54) is 54.3 Å². The number of rotatable bonds is 5. The van der Waals surface area contributed by atoms with Crippen LogP contribution in [0.4, 0.5) is 5.69 Å². The Balaban J connectivity index is 1.50. The van der Waals surface area contributed by atoms with Crippen LogP contribution in [0.15, 0.2) is 29.2 Å². The van der Waals surface area contributed by atoms with Gasteiger partial charge in [0.05, 0.1) is 9.82 Å². The van der Waals surface area contributed by atoms with Gasteiger partial charge in [-0.15, -0.1) is 21.5 Å². The van der Waals surface area contributed by atoms with E-state index < -0.39 is 14.9 Å².